The molecule has 1 aliphatic rings. The SMILES string of the molecule is SCC=CCOc1ccc2c(c1)CCC2. The highest BCUT2D eigenvalue weighted by Crippen LogP contribution is 2.25. The summed E-state index contributed by atoms with van der Waals surface area (Å²) in [5.41, 5.74) is 2.96. The fraction of sp³-hybridized carbons (Fsp3) is 0.385. The zero-order chi connectivity index (χ0) is 10.5. The minimum Gasteiger partial charge on any atom is -0.490 e. The van der Waals surface area contributed by atoms with Crippen LogP contribution in [0.1, 0.15) is 17.5 Å². The number of thiol groups is 1. The summed E-state index contributed by atoms with van der Waals surface area (Å²) in [5, 5.41) is 0. The van der Waals surface area contributed by atoms with Crippen molar-refractivity contribution >= 4 is 12.6 Å². The van der Waals surface area contributed by atoms with E-state index in [2.05, 4.69) is 30.8 Å². The van der Waals surface area contributed by atoms with Crippen LogP contribution in [0.15, 0.2) is 30.4 Å². The highest BCUT2D eigenvalue weighted by molar-refractivity contribution is 7.80. The Kier molecular flexibility index (Phi) is 3.73. The maximum absolute atomic E-state index is 5.61. The van der Waals surface area contributed by atoms with Gasteiger partial charge in [0, 0.05) is 5.75 Å². The molecule has 0 aliphatic heterocycles. The van der Waals surface area contributed by atoms with Crippen LogP contribution in [0.25, 0.3) is 0 Å². The van der Waals surface area contributed by atoms with Crippen LogP contribution < -0.4 is 4.74 Å². The van der Waals surface area contributed by atoms with Crippen molar-refractivity contribution in [3.63, 3.8) is 0 Å². The number of ether oxygens (including phenoxy) is 1. The molecule has 0 fully saturated rings. The normalized spacial score (nSPS) is 14.5. The van der Waals surface area contributed by atoms with Crippen molar-refractivity contribution in [2.24, 2.45) is 0 Å². The van der Waals surface area contributed by atoms with Crippen LogP contribution in [0.5, 0.6) is 5.75 Å². The van der Waals surface area contributed by atoms with E-state index in [4.69, 9.17) is 4.74 Å². The molecule has 0 unspecified atom stereocenters. The van der Waals surface area contributed by atoms with Gasteiger partial charge in [0.2, 0.25) is 0 Å². The monoisotopic (exact) mass is 220 g/mol. The van der Waals surface area contributed by atoms with Crippen LogP contribution in [-0.4, -0.2) is 12.4 Å². The van der Waals surface area contributed by atoms with Gasteiger partial charge in [0.25, 0.3) is 0 Å². The molecule has 1 aromatic carbocycles. The van der Waals surface area contributed by atoms with E-state index in [-0.39, 0.29) is 0 Å². The fourth-order valence-electron chi connectivity index (χ4n) is 1.92. The Balaban J connectivity index is 1.95. The molecular weight excluding hydrogens is 204 g/mol. The summed E-state index contributed by atoms with van der Waals surface area (Å²) in [7, 11) is 0. The van der Waals surface area contributed by atoms with E-state index in [1.54, 1.807) is 0 Å². The third-order valence-electron chi connectivity index (χ3n) is 2.69. The Labute approximate surface area is 96.6 Å². The van der Waals surface area contributed by atoms with Crippen LogP contribution in [0.2, 0.25) is 0 Å². The molecule has 0 atom stereocenters. The van der Waals surface area contributed by atoms with Crippen molar-refractivity contribution in [3.8, 4) is 5.75 Å². The van der Waals surface area contributed by atoms with Crippen molar-refractivity contribution in [3.05, 3.63) is 41.5 Å². The molecular formula is C13H16OS. The molecule has 0 bridgehead atoms. The summed E-state index contributed by atoms with van der Waals surface area (Å²) in [6.45, 7) is 0.638. The van der Waals surface area contributed by atoms with Gasteiger partial charge in [0.05, 0.1) is 0 Å². The molecule has 0 radical (unpaired) electrons. The number of hydrogen-bond donors (Lipinski definition) is 1. The topological polar surface area (TPSA) is 9.23 Å². The average molecular weight is 220 g/mol. The highest BCUT2D eigenvalue weighted by atomic mass is 32.1. The van der Waals surface area contributed by atoms with Gasteiger partial charge >= 0.3 is 0 Å². The predicted octanol–water partition coefficient (Wildman–Crippen LogP) is 3.04. The van der Waals surface area contributed by atoms with Crippen molar-refractivity contribution in [1.82, 2.24) is 0 Å². The van der Waals surface area contributed by atoms with Crippen LogP contribution in [0.4, 0.5) is 0 Å². The first kappa shape index (κ1) is 10.6. The number of benzene rings is 1. The van der Waals surface area contributed by atoms with Gasteiger partial charge in [-0.1, -0.05) is 18.2 Å². The lowest BCUT2D eigenvalue weighted by molar-refractivity contribution is 0.362. The largest absolute Gasteiger partial charge is 0.490 e. The van der Waals surface area contributed by atoms with Crippen LogP contribution >= 0.6 is 12.6 Å². The van der Waals surface area contributed by atoms with Crippen molar-refractivity contribution in [1.29, 1.82) is 0 Å². The molecule has 2 heteroatoms. The van der Waals surface area contributed by atoms with Gasteiger partial charge in [0.1, 0.15) is 12.4 Å². The van der Waals surface area contributed by atoms with E-state index in [9.17, 15) is 0 Å². The van der Waals surface area contributed by atoms with Crippen LogP contribution in [0.3, 0.4) is 0 Å². The van der Waals surface area contributed by atoms with Crippen molar-refractivity contribution in [2.45, 2.75) is 19.3 Å². The molecule has 0 saturated carbocycles. The second kappa shape index (κ2) is 5.26. The minimum atomic E-state index is 0.638. The number of rotatable bonds is 4. The summed E-state index contributed by atoms with van der Waals surface area (Å²) in [5.74, 6) is 1.76. The molecule has 0 N–H and O–H groups in total. The van der Waals surface area contributed by atoms with E-state index in [0.717, 1.165) is 11.5 Å². The summed E-state index contributed by atoms with van der Waals surface area (Å²) >= 11 is 4.09. The number of hydrogen-bond acceptors (Lipinski definition) is 2. The molecule has 0 saturated heterocycles. The summed E-state index contributed by atoms with van der Waals surface area (Å²) in [4.78, 5) is 0. The molecule has 2 rings (SSSR count). The number of fused-ring (bicyclic) bond motifs is 1. The lowest BCUT2D eigenvalue weighted by Crippen LogP contribution is -1.94. The Morgan fingerprint density at radius 3 is 2.93 bits per heavy atom. The van der Waals surface area contributed by atoms with Crippen LogP contribution in [0, 0.1) is 0 Å². The second-order valence-electron chi connectivity index (χ2n) is 3.75. The van der Waals surface area contributed by atoms with Gasteiger partial charge in [-0.3, -0.25) is 0 Å². The minimum absolute atomic E-state index is 0.638. The van der Waals surface area contributed by atoms with E-state index in [1.807, 2.05) is 12.2 Å². The molecule has 1 aromatic rings. The molecule has 0 amide bonds. The van der Waals surface area contributed by atoms with Gasteiger partial charge in [-0.15, -0.1) is 0 Å². The molecule has 80 valence electrons. The predicted molar refractivity (Wildman–Crippen MR) is 67.0 cm³/mol. The fourth-order valence-corrected chi connectivity index (χ4v) is 2.07. The summed E-state index contributed by atoms with van der Waals surface area (Å²) < 4.78 is 5.61. The molecule has 1 aliphatic carbocycles. The maximum atomic E-state index is 5.61. The third kappa shape index (κ3) is 2.78. The molecule has 0 heterocycles. The van der Waals surface area contributed by atoms with Crippen molar-refractivity contribution in [2.75, 3.05) is 12.4 Å². The van der Waals surface area contributed by atoms with Gasteiger partial charge < -0.3 is 4.74 Å². The van der Waals surface area contributed by atoms with Gasteiger partial charge in [-0.2, -0.15) is 12.6 Å². The molecule has 1 nitrogen and oxygen atoms in total. The zero-order valence-electron chi connectivity index (χ0n) is 8.78. The maximum Gasteiger partial charge on any atom is 0.120 e. The number of aryl methyl sites for hydroxylation is 2. The third-order valence-corrected chi connectivity index (χ3v) is 2.90. The summed E-state index contributed by atoms with van der Waals surface area (Å²) in [6.07, 6.45) is 7.73. The van der Waals surface area contributed by atoms with Crippen molar-refractivity contribution < 1.29 is 4.74 Å². The van der Waals surface area contributed by atoms with E-state index < -0.39 is 0 Å². The summed E-state index contributed by atoms with van der Waals surface area (Å²) in [6, 6.07) is 6.44. The Morgan fingerprint density at radius 1 is 1.20 bits per heavy atom. The quantitative estimate of drug-likeness (QED) is 0.606. The second-order valence-corrected chi connectivity index (χ2v) is 4.11. The Morgan fingerprint density at radius 2 is 2.07 bits per heavy atom. The molecule has 0 spiro atoms. The van der Waals surface area contributed by atoms with E-state index in [0.29, 0.717) is 6.61 Å². The van der Waals surface area contributed by atoms with Gasteiger partial charge in [-0.25, -0.2) is 0 Å². The zero-order valence-corrected chi connectivity index (χ0v) is 9.67. The van der Waals surface area contributed by atoms with Crippen LogP contribution in [-0.2, 0) is 12.8 Å². The first-order valence-electron chi connectivity index (χ1n) is 5.40. The smallest absolute Gasteiger partial charge is 0.120 e. The Hall–Kier alpha value is -0.890. The van der Waals surface area contributed by atoms with Gasteiger partial charge in [0.15, 0.2) is 0 Å². The van der Waals surface area contributed by atoms with Gasteiger partial charge in [-0.05, 0) is 42.5 Å². The van der Waals surface area contributed by atoms with E-state index in [1.165, 1.54) is 30.4 Å². The standard InChI is InChI=1S/C13H16OS/c15-9-2-1-8-14-13-7-6-11-4-3-5-12(11)10-13/h1-2,6-7,10,15H,3-5,8-9H2. The van der Waals surface area contributed by atoms with E-state index >= 15 is 0 Å². The molecule has 15 heavy (non-hydrogen) atoms. The highest BCUT2D eigenvalue weighted by Gasteiger charge is 2.10. The average Bonchev–Trinajstić information content (AvgIpc) is 2.71. The first-order valence-corrected chi connectivity index (χ1v) is 6.04. The lowest BCUT2D eigenvalue weighted by atomic mass is 10.1. The molecule has 0 aromatic heterocycles. The Bertz CT molecular complexity index is 358. The first-order chi connectivity index (χ1) is 7.40. The lowest BCUT2D eigenvalue weighted by Gasteiger charge is -2.05.